The number of likely N-dealkylation sites (N-methyl/N-ethyl adjacent to an activating group) is 1. The molecule has 1 aliphatic rings. The minimum absolute atomic E-state index is 0.183. The van der Waals surface area contributed by atoms with E-state index < -0.39 is 0 Å². The molecule has 1 amide bonds. The van der Waals surface area contributed by atoms with Gasteiger partial charge in [0.05, 0.1) is 5.56 Å². The Balaban J connectivity index is 1.37. The van der Waals surface area contributed by atoms with Crippen molar-refractivity contribution in [1.82, 2.24) is 25.1 Å². The summed E-state index contributed by atoms with van der Waals surface area (Å²) in [6, 6.07) is 15.6. The molecule has 1 fully saturated rings. The number of pyridine rings is 2. The standard InChI is InChI=1S/C26H27N7O2S/c1-18(19-6-4-3-5-7-19)35-24-22(33-14-12-32(2)13-15-33)16-21(17-28-24)23(34)29-26-31-30-25(36-26)20-8-10-27-11-9-20/h3-11,16-18H,12-15H2,1-2H3,(H,29,31,34). The summed E-state index contributed by atoms with van der Waals surface area (Å²) < 4.78 is 6.29. The number of hydrogen-bond acceptors (Lipinski definition) is 9. The van der Waals surface area contributed by atoms with Crippen LogP contribution in [0, 0.1) is 0 Å². The summed E-state index contributed by atoms with van der Waals surface area (Å²) in [6.07, 6.45) is 4.76. The predicted octanol–water partition coefficient (Wildman–Crippen LogP) is 4.14. The van der Waals surface area contributed by atoms with Gasteiger partial charge in [0.2, 0.25) is 11.0 Å². The first kappa shape index (κ1) is 23.8. The number of carbonyl (C=O) groups excluding carboxylic acids is 1. The zero-order valence-electron chi connectivity index (χ0n) is 20.2. The van der Waals surface area contributed by atoms with E-state index in [1.807, 2.05) is 55.5 Å². The highest BCUT2D eigenvalue weighted by Crippen LogP contribution is 2.32. The van der Waals surface area contributed by atoms with Crippen LogP contribution in [0.1, 0.15) is 28.9 Å². The maximum atomic E-state index is 13.1. The molecular formula is C26H27N7O2S. The van der Waals surface area contributed by atoms with Crippen LogP contribution in [0.15, 0.2) is 67.1 Å². The number of nitrogens with zero attached hydrogens (tertiary/aromatic N) is 6. The summed E-state index contributed by atoms with van der Waals surface area (Å²) in [6.45, 7) is 5.50. The van der Waals surface area contributed by atoms with E-state index in [0.717, 1.165) is 43.0 Å². The molecule has 184 valence electrons. The Labute approximate surface area is 213 Å². The molecule has 1 aromatic carbocycles. The van der Waals surface area contributed by atoms with E-state index >= 15 is 0 Å². The van der Waals surface area contributed by atoms with Crippen LogP contribution in [-0.2, 0) is 0 Å². The average molecular weight is 502 g/mol. The largest absolute Gasteiger partial charge is 0.468 e. The minimum Gasteiger partial charge on any atom is -0.468 e. The molecule has 36 heavy (non-hydrogen) atoms. The van der Waals surface area contributed by atoms with Crippen molar-refractivity contribution in [2.45, 2.75) is 13.0 Å². The molecule has 0 spiro atoms. The Morgan fingerprint density at radius 1 is 1.06 bits per heavy atom. The number of rotatable bonds is 7. The van der Waals surface area contributed by atoms with Crippen molar-refractivity contribution < 1.29 is 9.53 Å². The summed E-state index contributed by atoms with van der Waals surface area (Å²) in [5.74, 6) is 0.223. The minimum atomic E-state index is -0.294. The molecule has 0 radical (unpaired) electrons. The van der Waals surface area contributed by atoms with Gasteiger partial charge in [-0.3, -0.25) is 15.1 Å². The molecule has 1 N–H and O–H groups in total. The molecule has 4 heterocycles. The SMILES string of the molecule is CC(Oc1ncc(C(=O)Nc2nnc(-c3ccncc3)s2)cc1N1CCN(C)CC1)c1ccccc1. The molecule has 0 bridgehead atoms. The molecule has 1 unspecified atom stereocenters. The Kier molecular flexibility index (Phi) is 7.15. The number of benzene rings is 1. The zero-order valence-corrected chi connectivity index (χ0v) is 21.0. The maximum Gasteiger partial charge on any atom is 0.259 e. The number of amides is 1. The molecular weight excluding hydrogens is 474 g/mol. The van der Waals surface area contributed by atoms with Gasteiger partial charge in [0.25, 0.3) is 5.91 Å². The van der Waals surface area contributed by atoms with E-state index in [-0.39, 0.29) is 12.0 Å². The van der Waals surface area contributed by atoms with Gasteiger partial charge >= 0.3 is 0 Å². The van der Waals surface area contributed by atoms with E-state index in [1.54, 1.807) is 18.6 Å². The molecule has 9 nitrogen and oxygen atoms in total. The fourth-order valence-electron chi connectivity index (χ4n) is 3.94. The highest BCUT2D eigenvalue weighted by atomic mass is 32.1. The Morgan fingerprint density at radius 2 is 1.81 bits per heavy atom. The molecule has 1 saturated heterocycles. The summed E-state index contributed by atoms with van der Waals surface area (Å²) >= 11 is 1.31. The number of anilines is 2. The van der Waals surface area contributed by atoms with Crippen LogP contribution >= 0.6 is 11.3 Å². The molecule has 1 aliphatic heterocycles. The molecule has 5 rings (SSSR count). The van der Waals surface area contributed by atoms with Gasteiger partial charge in [0, 0.05) is 50.3 Å². The molecule has 0 aliphatic carbocycles. The lowest BCUT2D eigenvalue weighted by molar-refractivity contribution is 0.102. The first-order valence-corrected chi connectivity index (χ1v) is 12.6. The summed E-state index contributed by atoms with van der Waals surface area (Å²) in [4.78, 5) is 26.2. The second kappa shape index (κ2) is 10.8. The van der Waals surface area contributed by atoms with Gasteiger partial charge in [0.1, 0.15) is 16.8 Å². The Bertz CT molecular complexity index is 1310. The zero-order chi connectivity index (χ0) is 24.9. The van der Waals surface area contributed by atoms with Crippen LogP contribution in [0.2, 0.25) is 0 Å². The van der Waals surface area contributed by atoms with Crippen LogP contribution in [0.25, 0.3) is 10.6 Å². The van der Waals surface area contributed by atoms with Crippen molar-refractivity contribution in [3.8, 4) is 16.5 Å². The van der Waals surface area contributed by atoms with Crippen LogP contribution < -0.4 is 15.0 Å². The van der Waals surface area contributed by atoms with Crippen molar-refractivity contribution in [2.75, 3.05) is 43.4 Å². The number of hydrogen-bond donors (Lipinski definition) is 1. The van der Waals surface area contributed by atoms with Gasteiger partial charge in [0.15, 0.2) is 0 Å². The molecule has 3 aromatic heterocycles. The second-order valence-corrected chi connectivity index (χ2v) is 9.59. The van der Waals surface area contributed by atoms with Crippen molar-refractivity contribution >= 4 is 28.1 Å². The first-order valence-electron chi connectivity index (χ1n) is 11.8. The van der Waals surface area contributed by atoms with Crippen LogP contribution in [0.4, 0.5) is 10.8 Å². The lowest BCUT2D eigenvalue weighted by Gasteiger charge is -2.35. The van der Waals surface area contributed by atoms with Gasteiger partial charge in [-0.15, -0.1) is 10.2 Å². The lowest BCUT2D eigenvalue weighted by Crippen LogP contribution is -2.44. The summed E-state index contributed by atoms with van der Waals surface area (Å²) in [5.41, 5.74) is 3.21. The van der Waals surface area contributed by atoms with Crippen molar-refractivity contribution in [3.05, 3.63) is 78.2 Å². The molecule has 4 aromatic rings. The van der Waals surface area contributed by atoms with E-state index in [1.165, 1.54) is 11.3 Å². The molecule has 0 saturated carbocycles. The normalized spacial score (nSPS) is 14.9. The predicted molar refractivity (Wildman–Crippen MR) is 141 cm³/mol. The fraction of sp³-hybridized carbons (Fsp3) is 0.269. The van der Waals surface area contributed by atoms with E-state index in [4.69, 9.17) is 4.74 Å². The van der Waals surface area contributed by atoms with Gasteiger partial charge in [-0.25, -0.2) is 4.98 Å². The van der Waals surface area contributed by atoms with Gasteiger partial charge in [-0.1, -0.05) is 41.7 Å². The molecule has 1 atom stereocenters. The monoisotopic (exact) mass is 501 g/mol. The van der Waals surface area contributed by atoms with Crippen LogP contribution in [0.5, 0.6) is 5.88 Å². The fourth-order valence-corrected chi connectivity index (χ4v) is 4.69. The number of nitrogens with one attached hydrogen (secondary N) is 1. The highest BCUT2D eigenvalue weighted by molar-refractivity contribution is 7.18. The third-order valence-electron chi connectivity index (χ3n) is 6.07. The number of piperazine rings is 1. The Hall–Kier alpha value is -3.89. The number of ether oxygens (including phenoxy) is 1. The van der Waals surface area contributed by atoms with Crippen LogP contribution in [-0.4, -0.2) is 64.2 Å². The highest BCUT2D eigenvalue weighted by Gasteiger charge is 2.23. The van der Waals surface area contributed by atoms with E-state index in [9.17, 15) is 4.79 Å². The summed E-state index contributed by atoms with van der Waals surface area (Å²) in [5, 5.41) is 12.3. The second-order valence-electron chi connectivity index (χ2n) is 8.61. The van der Waals surface area contributed by atoms with Crippen LogP contribution in [0.3, 0.4) is 0 Å². The van der Waals surface area contributed by atoms with E-state index in [2.05, 4.69) is 42.3 Å². The maximum absolute atomic E-state index is 13.1. The third-order valence-corrected chi connectivity index (χ3v) is 6.96. The topological polar surface area (TPSA) is 96.4 Å². The van der Waals surface area contributed by atoms with Crippen molar-refractivity contribution in [1.29, 1.82) is 0 Å². The summed E-state index contributed by atoms with van der Waals surface area (Å²) in [7, 11) is 2.11. The number of carbonyl (C=O) groups is 1. The third kappa shape index (κ3) is 5.50. The van der Waals surface area contributed by atoms with Gasteiger partial charge in [-0.2, -0.15) is 0 Å². The van der Waals surface area contributed by atoms with Crippen molar-refractivity contribution in [3.63, 3.8) is 0 Å². The smallest absolute Gasteiger partial charge is 0.259 e. The van der Waals surface area contributed by atoms with Gasteiger partial charge < -0.3 is 14.5 Å². The average Bonchev–Trinajstić information content (AvgIpc) is 3.39. The quantitative estimate of drug-likeness (QED) is 0.404. The lowest BCUT2D eigenvalue weighted by atomic mass is 10.1. The molecule has 10 heteroatoms. The van der Waals surface area contributed by atoms with Crippen molar-refractivity contribution in [2.24, 2.45) is 0 Å². The number of aromatic nitrogens is 4. The van der Waals surface area contributed by atoms with E-state index in [0.29, 0.717) is 21.6 Å². The Morgan fingerprint density at radius 3 is 2.56 bits per heavy atom. The van der Waals surface area contributed by atoms with Gasteiger partial charge in [-0.05, 0) is 37.7 Å². The first-order chi connectivity index (χ1) is 17.6.